The maximum absolute atomic E-state index is 14.8. The topological polar surface area (TPSA) is 140 Å². The van der Waals surface area contributed by atoms with E-state index < -0.39 is 17.7 Å². The average molecular weight is 601 g/mol. The molecule has 4 rings (SSSR count). The number of thioether (sulfide) groups is 1. The van der Waals surface area contributed by atoms with Crippen LogP contribution in [0, 0.1) is 17.6 Å². The number of carbonyl (C=O) groups excluding carboxylic acids is 2. The van der Waals surface area contributed by atoms with E-state index >= 15 is 0 Å². The normalized spacial score (nSPS) is 13.5. The highest BCUT2D eigenvalue weighted by Gasteiger charge is 2.18. The number of hydrogen-bond donors (Lipinski definition) is 4. The molecule has 4 bridgehead atoms. The Kier molecular flexibility index (Phi) is 10.9. The summed E-state index contributed by atoms with van der Waals surface area (Å²) in [6.45, 7) is 4.50. The summed E-state index contributed by atoms with van der Waals surface area (Å²) in [5, 5.41) is 8.43. The molecule has 0 spiro atoms. The molecule has 3 aromatic rings. The van der Waals surface area contributed by atoms with Gasteiger partial charge in [0.1, 0.15) is 29.0 Å². The molecule has 3 heterocycles. The molecule has 5 N–H and O–H groups in total. The van der Waals surface area contributed by atoms with E-state index in [1.165, 1.54) is 24.3 Å². The molecular weight excluding hydrogens is 566 g/mol. The van der Waals surface area contributed by atoms with Crippen molar-refractivity contribution in [3.63, 3.8) is 0 Å². The molecule has 1 aliphatic rings. The first-order valence-corrected chi connectivity index (χ1v) is 14.7. The number of halogens is 2. The summed E-state index contributed by atoms with van der Waals surface area (Å²) in [5.74, 6) is 0.944. The Balaban J connectivity index is 1.38. The van der Waals surface area contributed by atoms with E-state index in [-0.39, 0.29) is 42.2 Å². The number of aromatic nitrogens is 2. The van der Waals surface area contributed by atoms with Crippen molar-refractivity contribution in [1.29, 1.82) is 0 Å². The molecule has 1 aromatic carbocycles. The first-order chi connectivity index (χ1) is 20.2. The third kappa shape index (κ3) is 8.76. The van der Waals surface area contributed by atoms with Gasteiger partial charge in [-0.25, -0.2) is 13.8 Å². The van der Waals surface area contributed by atoms with Gasteiger partial charge in [-0.05, 0) is 35.7 Å². The molecule has 2 amide bonds. The summed E-state index contributed by atoms with van der Waals surface area (Å²) in [4.78, 5) is 32.6. The van der Waals surface area contributed by atoms with Crippen LogP contribution in [0.2, 0.25) is 0 Å². The molecule has 10 nitrogen and oxygen atoms in total. The van der Waals surface area contributed by atoms with Crippen LogP contribution in [0.5, 0.6) is 11.6 Å². The SMILES string of the molecule is CC(C)C(N)C(=O)NCC(=O)NCCSCc1cc2nc(c1)OCCCOc1cc(F)ccc1-c1cc(ncc1F)N2. The molecule has 0 radical (unpaired) electrons. The molecular formula is C29H34F2N6O4S. The predicted octanol–water partition coefficient (Wildman–Crippen LogP) is 3.78. The second-order valence-electron chi connectivity index (χ2n) is 9.95. The second kappa shape index (κ2) is 14.8. The fourth-order valence-electron chi connectivity index (χ4n) is 3.98. The van der Waals surface area contributed by atoms with E-state index in [4.69, 9.17) is 15.2 Å². The highest BCUT2D eigenvalue weighted by atomic mass is 32.2. The number of fused-ring (bicyclic) bond motifs is 6. The Morgan fingerprint density at radius 2 is 1.88 bits per heavy atom. The summed E-state index contributed by atoms with van der Waals surface area (Å²) in [6.07, 6.45) is 1.58. The van der Waals surface area contributed by atoms with Crippen LogP contribution >= 0.6 is 11.8 Å². The number of pyridine rings is 2. The Morgan fingerprint density at radius 1 is 1.07 bits per heavy atom. The molecule has 0 saturated carbocycles. The van der Waals surface area contributed by atoms with Gasteiger partial charge in [-0.3, -0.25) is 9.59 Å². The quantitative estimate of drug-likeness (QED) is 0.270. The Hall–Kier alpha value is -3.97. The van der Waals surface area contributed by atoms with Crippen LogP contribution in [0.25, 0.3) is 11.1 Å². The lowest BCUT2D eigenvalue weighted by Crippen LogP contribution is -2.47. The van der Waals surface area contributed by atoms with Crippen LogP contribution in [-0.4, -0.2) is 59.9 Å². The van der Waals surface area contributed by atoms with Gasteiger partial charge in [0.25, 0.3) is 0 Å². The van der Waals surface area contributed by atoms with Gasteiger partial charge in [0, 0.05) is 47.7 Å². The van der Waals surface area contributed by atoms with Gasteiger partial charge in [0.05, 0.1) is 32.0 Å². The van der Waals surface area contributed by atoms with Gasteiger partial charge in [-0.2, -0.15) is 16.7 Å². The fraction of sp³-hybridized carbons (Fsp3) is 0.379. The smallest absolute Gasteiger partial charge is 0.239 e. The van der Waals surface area contributed by atoms with Crippen molar-refractivity contribution in [3.8, 4) is 22.8 Å². The highest BCUT2D eigenvalue weighted by molar-refractivity contribution is 7.98. The number of hydrogen-bond acceptors (Lipinski definition) is 9. The summed E-state index contributed by atoms with van der Waals surface area (Å²) < 4.78 is 40.4. The Morgan fingerprint density at radius 3 is 2.69 bits per heavy atom. The van der Waals surface area contributed by atoms with Crippen LogP contribution in [0.15, 0.2) is 42.6 Å². The third-order valence-corrected chi connectivity index (χ3v) is 7.31. The van der Waals surface area contributed by atoms with E-state index in [1.807, 2.05) is 26.0 Å². The number of ether oxygens (including phenoxy) is 2. The monoisotopic (exact) mass is 600 g/mol. The van der Waals surface area contributed by atoms with Crippen molar-refractivity contribution in [2.75, 3.05) is 37.4 Å². The van der Waals surface area contributed by atoms with Crippen LogP contribution < -0.4 is 31.2 Å². The van der Waals surface area contributed by atoms with Crippen molar-refractivity contribution in [2.24, 2.45) is 11.7 Å². The molecule has 0 fully saturated rings. The van der Waals surface area contributed by atoms with Gasteiger partial charge in [-0.1, -0.05) is 13.8 Å². The predicted molar refractivity (Wildman–Crippen MR) is 158 cm³/mol. The molecule has 1 unspecified atom stereocenters. The number of benzene rings is 1. The number of nitrogens with zero attached hydrogens (tertiary/aromatic N) is 2. The molecule has 224 valence electrons. The number of carbonyl (C=O) groups is 2. The number of anilines is 2. The number of nitrogens with one attached hydrogen (secondary N) is 3. The summed E-state index contributed by atoms with van der Waals surface area (Å²) in [5.41, 5.74) is 7.32. The molecule has 0 saturated heterocycles. The zero-order valence-corrected chi connectivity index (χ0v) is 24.2. The lowest BCUT2D eigenvalue weighted by atomic mass is 10.0. The number of rotatable bonds is 9. The minimum absolute atomic E-state index is 0.0202. The minimum atomic E-state index is -0.657. The van der Waals surface area contributed by atoms with Crippen molar-refractivity contribution >= 4 is 35.2 Å². The Bertz CT molecular complexity index is 1410. The van der Waals surface area contributed by atoms with E-state index in [0.29, 0.717) is 54.2 Å². The Labute approximate surface area is 247 Å². The van der Waals surface area contributed by atoms with E-state index in [1.54, 1.807) is 11.8 Å². The minimum Gasteiger partial charge on any atom is -0.493 e. The van der Waals surface area contributed by atoms with E-state index in [9.17, 15) is 18.4 Å². The molecule has 13 heteroatoms. The van der Waals surface area contributed by atoms with Gasteiger partial charge >= 0.3 is 0 Å². The van der Waals surface area contributed by atoms with Crippen LogP contribution in [-0.2, 0) is 15.3 Å². The largest absolute Gasteiger partial charge is 0.493 e. The zero-order valence-electron chi connectivity index (χ0n) is 23.4. The van der Waals surface area contributed by atoms with Crippen LogP contribution in [0.3, 0.4) is 0 Å². The molecule has 2 aromatic heterocycles. The van der Waals surface area contributed by atoms with Crippen molar-refractivity contribution in [1.82, 2.24) is 20.6 Å². The maximum Gasteiger partial charge on any atom is 0.239 e. The summed E-state index contributed by atoms with van der Waals surface area (Å²) in [6, 6.07) is 8.49. The van der Waals surface area contributed by atoms with Crippen molar-refractivity contribution < 1.29 is 27.8 Å². The first-order valence-electron chi connectivity index (χ1n) is 13.6. The molecule has 0 aliphatic carbocycles. The summed E-state index contributed by atoms with van der Waals surface area (Å²) >= 11 is 1.60. The van der Waals surface area contributed by atoms with Gasteiger partial charge in [0.2, 0.25) is 17.7 Å². The first kappa shape index (κ1) is 31.0. The van der Waals surface area contributed by atoms with Crippen LogP contribution in [0.1, 0.15) is 25.8 Å². The third-order valence-electron chi connectivity index (χ3n) is 6.28. The molecule has 42 heavy (non-hydrogen) atoms. The van der Waals surface area contributed by atoms with Crippen molar-refractivity contribution in [2.45, 2.75) is 32.1 Å². The molecule has 1 aliphatic heterocycles. The van der Waals surface area contributed by atoms with Crippen LogP contribution in [0.4, 0.5) is 20.4 Å². The number of nitrogens with two attached hydrogens (primary N) is 1. The second-order valence-corrected chi connectivity index (χ2v) is 11.1. The summed E-state index contributed by atoms with van der Waals surface area (Å²) in [7, 11) is 0. The lowest BCUT2D eigenvalue weighted by molar-refractivity contribution is -0.127. The van der Waals surface area contributed by atoms with Gasteiger partial charge < -0.3 is 31.2 Å². The van der Waals surface area contributed by atoms with E-state index in [2.05, 4.69) is 25.9 Å². The maximum atomic E-state index is 14.8. The highest BCUT2D eigenvalue weighted by Crippen LogP contribution is 2.34. The average Bonchev–Trinajstić information content (AvgIpc) is 2.96. The zero-order chi connectivity index (χ0) is 30.1. The fourth-order valence-corrected chi connectivity index (χ4v) is 4.78. The van der Waals surface area contributed by atoms with Crippen molar-refractivity contribution in [3.05, 3.63) is 59.8 Å². The molecule has 1 atom stereocenters. The van der Waals surface area contributed by atoms with Gasteiger partial charge in [-0.15, -0.1) is 0 Å². The standard InChI is InChI=1S/C29H34F2N6O4S/c1-17(2)28(32)29(39)35-15-26(38)33-6-9-42-16-18-10-25-36-24-13-21(22(31)14-34-24)20-5-4-19(30)12-23(20)40-7-3-8-41-27(11-18)37-25/h4-5,10-14,17,28H,3,6-9,15-16,32H2,1-2H3,(H,33,38)(H,35,39)(H,34,36,37). The lowest BCUT2D eigenvalue weighted by Gasteiger charge is -2.16. The number of amides is 2. The van der Waals surface area contributed by atoms with E-state index in [0.717, 1.165) is 11.8 Å². The van der Waals surface area contributed by atoms with Gasteiger partial charge in [0.15, 0.2) is 0 Å².